The van der Waals surface area contributed by atoms with Crippen molar-refractivity contribution in [3.8, 4) is 0 Å². The Morgan fingerprint density at radius 2 is 1.56 bits per heavy atom. The van der Waals surface area contributed by atoms with Gasteiger partial charge in [0, 0.05) is 36.8 Å². The average molecular weight is 388 g/mol. The summed E-state index contributed by atoms with van der Waals surface area (Å²) in [6.45, 7) is 1.19. The summed E-state index contributed by atoms with van der Waals surface area (Å²) in [4.78, 5) is 46.2. The quantitative estimate of drug-likeness (QED) is 0.451. The van der Waals surface area contributed by atoms with Crippen molar-refractivity contribution in [3.63, 3.8) is 0 Å². The zero-order chi connectivity index (χ0) is 19.9. The molecule has 1 aliphatic heterocycles. The molecule has 0 saturated heterocycles. The first-order chi connectivity index (χ1) is 12.7. The number of fused-ring (bicyclic) bond motifs is 1. The van der Waals surface area contributed by atoms with Crippen molar-refractivity contribution < 1.29 is 19.4 Å². The fraction of sp³-hybridized carbons (Fsp3) is 0.0588. The second-order valence-corrected chi connectivity index (χ2v) is 5.99. The van der Waals surface area contributed by atoms with Crippen LogP contribution in [0.3, 0.4) is 0 Å². The highest BCUT2D eigenvalue weighted by Gasteiger charge is 2.38. The fourth-order valence-electron chi connectivity index (χ4n) is 2.77. The van der Waals surface area contributed by atoms with Gasteiger partial charge in [0.05, 0.1) is 26.1 Å². The van der Waals surface area contributed by atoms with E-state index in [9.17, 15) is 29.8 Å². The summed E-state index contributed by atoms with van der Waals surface area (Å²) < 4.78 is 0. The van der Waals surface area contributed by atoms with Crippen LogP contribution < -0.4 is 4.90 Å². The van der Waals surface area contributed by atoms with Gasteiger partial charge in [-0.25, -0.2) is 4.90 Å². The highest BCUT2D eigenvalue weighted by atomic mass is 35.5. The van der Waals surface area contributed by atoms with Crippen molar-refractivity contribution in [2.45, 2.75) is 6.92 Å². The number of nitrogens with zero attached hydrogens (tertiary/aromatic N) is 3. The van der Waals surface area contributed by atoms with E-state index in [-0.39, 0.29) is 33.2 Å². The maximum absolute atomic E-state index is 12.8. The van der Waals surface area contributed by atoms with Crippen LogP contribution >= 0.6 is 11.6 Å². The monoisotopic (exact) mass is 387 g/mol. The van der Waals surface area contributed by atoms with E-state index in [1.165, 1.54) is 49.4 Å². The van der Waals surface area contributed by atoms with E-state index in [1.54, 1.807) is 0 Å². The molecule has 0 aromatic heterocycles. The topological polar surface area (TPSA) is 124 Å². The first-order valence-electron chi connectivity index (χ1n) is 7.50. The summed E-state index contributed by atoms with van der Waals surface area (Å²) in [6, 6.07) is 8.80. The molecule has 10 heteroatoms. The van der Waals surface area contributed by atoms with Crippen LogP contribution in [0.2, 0.25) is 0 Å². The lowest BCUT2D eigenvalue weighted by atomic mass is 10.0. The van der Waals surface area contributed by atoms with Gasteiger partial charge in [-0.3, -0.25) is 29.8 Å². The first-order valence-corrected chi connectivity index (χ1v) is 7.88. The Kier molecular flexibility index (Phi) is 4.46. The predicted octanol–water partition coefficient (Wildman–Crippen LogP) is 3.50. The molecule has 0 unspecified atom stereocenters. The Hall–Kier alpha value is -3.59. The lowest BCUT2D eigenvalue weighted by Crippen LogP contribution is -2.31. The standard InChI is InChI=1S/C17H10ClN3O6/c1-9(22)19-14-7-6-12(21(26)27)8-13(14)15(17(19)23)16(18)10-2-4-11(5-3-10)20(24)25/h2-8H,1H3/b16-15+. The number of nitro benzene ring substituents is 2. The Bertz CT molecular complexity index is 1050. The molecule has 0 spiro atoms. The normalized spacial score (nSPS) is 14.7. The molecule has 0 atom stereocenters. The molecule has 0 aliphatic carbocycles. The van der Waals surface area contributed by atoms with Crippen molar-refractivity contribution in [1.29, 1.82) is 0 Å². The molecule has 0 radical (unpaired) electrons. The summed E-state index contributed by atoms with van der Waals surface area (Å²) in [7, 11) is 0. The molecule has 0 saturated carbocycles. The molecule has 27 heavy (non-hydrogen) atoms. The maximum Gasteiger partial charge on any atom is 0.270 e. The second-order valence-electron chi connectivity index (χ2n) is 5.61. The molecule has 0 fully saturated rings. The van der Waals surface area contributed by atoms with Crippen LogP contribution in [0.15, 0.2) is 42.5 Å². The third kappa shape index (κ3) is 3.04. The Labute approximate surface area is 156 Å². The molecule has 2 aromatic rings. The molecule has 2 amide bonds. The maximum atomic E-state index is 12.8. The number of imide groups is 1. The summed E-state index contributed by atoms with van der Waals surface area (Å²) in [5, 5.41) is 21.8. The number of hydrogen-bond acceptors (Lipinski definition) is 6. The van der Waals surface area contributed by atoms with Crippen molar-refractivity contribution in [2.75, 3.05) is 4.90 Å². The van der Waals surface area contributed by atoms with Gasteiger partial charge in [-0.15, -0.1) is 0 Å². The largest absolute Gasteiger partial charge is 0.274 e. The molecular weight excluding hydrogens is 378 g/mol. The second kappa shape index (κ2) is 6.61. The Balaban J connectivity index is 2.22. The van der Waals surface area contributed by atoms with Gasteiger partial charge >= 0.3 is 0 Å². The van der Waals surface area contributed by atoms with Crippen LogP contribution in [0.1, 0.15) is 18.1 Å². The van der Waals surface area contributed by atoms with Crippen LogP contribution in [0.25, 0.3) is 10.6 Å². The summed E-state index contributed by atoms with van der Waals surface area (Å²) in [5.41, 5.74) is 0.124. The number of benzene rings is 2. The summed E-state index contributed by atoms with van der Waals surface area (Å²) in [5.74, 6) is -1.29. The lowest BCUT2D eigenvalue weighted by Gasteiger charge is -2.11. The molecule has 9 nitrogen and oxygen atoms in total. The zero-order valence-electron chi connectivity index (χ0n) is 13.7. The van der Waals surface area contributed by atoms with E-state index in [2.05, 4.69) is 0 Å². The van der Waals surface area contributed by atoms with Gasteiger partial charge in [0.2, 0.25) is 5.91 Å². The van der Waals surface area contributed by atoms with Crippen LogP contribution in [0, 0.1) is 20.2 Å². The SMILES string of the molecule is CC(=O)N1C(=O)/C(=C(/Cl)c2ccc([N+](=O)[O-])cc2)c2cc([N+](=O)[O-])ccc21. The highest BCUT2D eigenvalue weighted by molar-refractivity contribution is 6.60. The van der Waals surface area contributed by atoms with Crippen LogP contribution in [-0.2, 0) is 9.59 Å². The van der Waals surface area contributed by atoms with E-state index < -0.39 is 21.7 Å². The van der Waals surface area contributed by atoms with E-state index >= 15 is 0 Å². The minimum atomic E-state index is -0.721. The number of halogens is 1. The van der Waals surface area contributed by atoms with Gasteiger partial charge in [0.25, 0.3) is 17.3 Å². The molecule has 1 heterocycles. The molecule has 3 rings (SSSR count). The number of carbonyl (C=O) groups is 2. The smallest absolute Gasteiger partial charge is 0.270 e. The minimum absolute atomic E-state index is 0.0691. The third-order valence-electron chi connectivity index (χ3n) is 3.98. The van der Waals surface area contributed by atoms with Crippen LogP contribution in [-0.4, -0.2) is 21.7 Å². The van der Waals surface area contributed by atoms with Crippen molar-refractivity contribution in [3.05, 3.63) is 73.8 Å². The average Bonchev–Trinajstić information content (AvgIpc) is 2.92. The summed E-state index contributed by atoms with van der Waals surface area (Å²) >= 11 is 6.35. The van der Waals surface area contributed by atoms with Crippen molar-refractivity contribution in [1.82, 2.24) is 0 Å². The Morgan fingerprint density at radius 3 is 2.07 bits per heavy atom. The molecule has 0 N–H and O–H groups in total. The van der Waals surface area contributed by atoms with Gasteiger partial charge in [0.1, 0.15) is 0 Å². The van der Waals surface area contributed by atoms with Gasteiger partial charge in [-0.2, -0.15) is 0 Å². The first kappa shape index (κ1) is 18.2. The third-order valence-corrected chi connectivity index (χ3v) is 4.39. The summed E-state index contributed by atoms with van der Waals surface area (Å²) in [6.07, 6.45) is 0. The van der Waals surface area contributed by atoms with Gasteiger partial charge in [0.15, 0.2) is 0 Å². The number of non-ortho nitro benzene ring substituents is 2. The molecular formula is C17H10ClN3O6. The number of nitro groups is 2. The van der Waals surface area contributed by atoms with Crippen LogP contribution in [0.4, 0.5) is 17.1 Å². The number of anilines is 1. The Morgan fingerprint density at radius 1 is 1.00 bits per heavy atom. The van der Waals surface area contributed by atoms with E-state index in [1.807, 2.05) is 0 Å². The molecule has 136 valence electrons. The van der Waals surface area contributed by atoms with Crippen molar-refractivity contribution >= 4 is 51.1 Å². The fourth-order valence-corrected chi connectivity index (χ4v) is 3.08. The van der Waals surface area contributed by atoms with Crippen molar-refractivity contribution in [2.24, 2.45) is 0 Å². The minimum Gasteiger partial charge on any atom is -0.274 e. The van der Waals surface area contributed by atoms with E-state index in [0.717, 1.165) is 4.90 Å². The number of hydrogen-bond donors (Lipinski definition) is 0. The van der Waals surface area contributed by atoms with E-state index in [0.29, 0.717) is 5.56 Å². The van der Waals surface area contributed by atoms with Gasteiger partial charge < -0.3 is 0 Å². The number of rotatable bonds is 3. The highest BCUT2D eigenvalue weighted by Crippen LogP contribution is 2.43. The van der Waals surface area contributed by atoms with E-state index in [4.69, 9.17) is 11.6 Å². The number of amides is 2. The van der Waals surface area contributed by atoms with Gasteiger partial charge in [-0.1, -0.05) is 11.6 Å². The van der Waals surface area contributed by atoms with Gasteiger partial charge in [-0.05, 0) is 23.8 Å². The lowest BCUT2D eigenvalue weighted by molar-refractivity contribution is -0.385. The molecule has 2 aromatic carbocycles. The predicted molar refractivity (Wildman–Crippen MR) is 97.0 cm³/mol. The molecule has 1 aliphatic rings. The number of carbonyl (C=O) groups excluding carboxylic acids is 2. The van der Waals surface area contributed by atoms with Crippen LogP contribution in [0.5, 0.6) is 0 Å². The molecule has 0 bridgehead atoms. The zero-order valence-corrected chi connectivity index (χ0v) is 14.5.